The van der Waals surface area contributed by atoms with E-state index < -0.39 is 5.54 Å². The van der Waals surface area contributed by atoms with Gasteiger partial charge in [0.25, 0.3) is 0 Å². The first kappa shape index (κ1) is 13.4. The Balaban J connectivity index is 1.88. The summed E-state index contributed by atoms with van der Waals surface area (Å²) in [7, 11) is 0. The quantitative estimate of drug-likeness (QED) is 0.900. The number of nitrogens with zero attached hydrogens (tertiary/aromatic N) is 2. The van der Waals surface area contributed by atoms with E-state index in [1.165, 1.54) is 25.0 Å². The fraction of sp³-hybridized carbons (Fsp3) is 0.562. The predicted octanol–water partition coefficient (Wildman–Crippen LogP) is 3.07. The summed E-state index contributed by atoms with van der Waals surface area (Å²) in [6, 6.07) is 7.64. The van der Waals surface area contributed by atoms with Crippen LogP contribution in [0.15, 0.2) is 18.2 Å². The lowest BCUT2D eigenvalue weighted by Gasteiger charge is -2.37. The van der Waals surface area contributed by atoms with Crippen LogP contribution in [0.4, 0.5) is 10.1 Å². The van der Waals surface area contributed by atoms with Crippen LogP contribution in [0, 0.1) is 24.1 Å². The number of piperidine rings is 1. The number of nitrogens with one attached hydrogen (secondary N) is 1. The number of rotatable bonds is 2. The minimum absolute atomic E-state index is 0.251. The SMILES string of the molecule is Cc1cc(F)cc(NC2(C#N)CCN3CCCCC32)c1. The molecule has 0 bridgehead atoms. The summed E-state index contributed by atoms with van der Waals surface area (Å²) < 4.78 is 13.5. The Labute approximate surface area is 119 Å². The van der Waals surface area contributed by atoms with Gasteiger partial charge in [-0.15, -0.1) is 0 Å². The first-order valence-electron chi connectivity index (χ1n) is 7.34. The maximum atomic E-state index is 13.5. The van der Waals surface area contributed by atoms with Crippen molar-refractivity contribution in [3.8, 4) is 6.07 Å². The van der Waals surface area contributed by atoms with E-state index in [1.807, 2.05) is 13.0 Å². The van der Waals surface area contributed by atoms with Gasteiger partial charge >= 0.3 is 0 Å². The van der Waals surface area contributed by atoms with Crippen molar-refractivity contribution in [3.05, 3.63) is 29.6 Å². The lowest BCUT2D eigenvalue weighted by molar-refractivity contribution is 0.180. The molecule has 1 aromatic carbocycles. The molecule has 0 aliphatic carbocycles. The van der Waals surface area contributed by atoms with Crippen LogP contribution in [0.2, 0.25) is 0 Å². The third-order valence-electron chi connectivity index (χ3n) is 4.58. The molecule has 1 N–H and O–H groups in total. The van der Waals surface area contributed by atoms with Crippen molar-refractivity contribution in [1.29, 1.82) is 5.26 Å². The minimum Gasteiger partial charge on any atom is -0.366 e. The zero-order valence-electron chi connectivity index (χ0n) is 11.8. The normalized spacial score (nSPS) is 29.8. The molecule has 2 saturated heterocycles. The molecule has 0 amide bonds. The highest BCUT2D eigenvalue weighted by molar-refractivity contribution is 5.51. The van der Waals surface area contributed by atoms with Crippen molar-refractivity contribution in [2.75, 3.05) is 18.4 Å². The Morgan fingerprint density at radius 3 is 2.95 bits per heavy atom. The molecular weight excluding hydrogens is 253 g/mol. The molecule has 0 aromatic heterocycles. The van der Waals surface area contributed by atoms with E-state index in [2.05, 4.69) is 16.3 Å². The Morgan fingerprint density at radius 2 is 2.20 bits per heavy atom. The zero-order valence-corrected chi connectivity index (χ0v) is 11.8. The van der Waals surface area contributed by atoms with Gasteiger partial charge in [0.15, 0.2) is 0 Å². The number of hydrogen-bond donors (Lipinski definition) is 1. The number of halogens is 1. The summed E-state index contributed by atoms with van der Waals surface area (Å²) in [4.78, 5) is 2.41. The van der Waals surface area contributed by atoms with Gasteiger partial charge in [0.2, 0.25) is 0 Å². The Morgan fingerprint density at radius 1 is 1.35 bits per heavy atom. The fourth-order valence-corrected chi connectivity index (χ4v) is 3.67. The zero-order chi connectivity index (χ0) is 14.2. The van der Waals surface area contributed by atoms with E-state index in [-0.39, 0.29) is 11.9 Å². The van der Waals surface area contributed by atoms with E-state index in [0.717, 1.165) is 37.2 Å². The molecule has 0 radical (unpaired) electrons. The molecule has 4 heteroatoms. The van der Waals surface area contributed by atoms with E-state index >= 15 is 0 Å². The molecule has 2 fully saturated rings. The topological polar surface area (TPSA) is 39.1 Å². The molecule has 106 valence electrons. The largest absolute Gasteiger partial charge is 0.366 e. The van der Waals surface area contributed by atoms with E-state index in [0.29, 0.717) is 0 Å². The Bertz CT molecular complexity index is 531. The summed E-state index contributed by atoms with van der Waals surface area (Å²) in [5.41, 5.74) is 1.02. The molecule has 0 spiro atoms. The van der Waals surface area contributed by atoms with E-state index in [1.54, 1.807) is 0 Å². The average Bonchev–Trinajstić information content (AvgIpc) is 2.78. The van der Waals surface area contributed by atoms with Gasteiger partial charge in [-0.2, -0.15) is 5.26 Å². The first-order valence-corrected chi connectivity index (χ1v) is 7.34. The fourth-order valence-electron chi connectivity index (χ4n) is 3.67. The van der Waals surface area contributed by atoms with Gasteiger partial charge in [-0.05, 0) is 56.5 Å². The van der Waals surface area contributed by atoms with Gasteiger partial charge in [-0.3, -0.25) is 4.90 Å². The van der Waals surface area contributed by atoms with Gasteiger partial charge in [-0.25, -0.2) is 4.39 Å². The molecule has 20 heavy (non-hydrogen) atoms. The molecule has 2 aliphatic rings. The number of anilines is 1. The smallest absolute Gasteiger partial charge is 0.142 e. The molecular formula is C16H20FN3. The summed E-state index contributed by atoms with van der Waals surface area (Å²) in [5, 5.41) is 13.1. The number of hydrogen-bond acceptors (Lipinski definition) is 3. The van der Waals surface area contributed by atoms with Crippen LogP contribution in [0.25, 0.3) is 0 Å². The molecule has 0 saturated carbocycles. The first-order chi connectivity index (χ1) is 9.63. The van der Waals surface area contributed by atoms with Gasteiger partial charge < -0.3 is 5.32 Å². The van der Waals surface area contributed by atoms with Crippen LogP contribution >= 0.6 is 0 Å². The van der Waals surface area contributed by atoms with E-state index in [9.17, 15) is 9.65 Å². The summed E-state index contributed by atoms with van der Waals surface area (Å²) in [6.45, 7) is 3.91. The number of fused-ring (bicyclic) bond motifs is 1. The second-order valence-electron chi connectivity index (χ2n) is 6.02. The minimum atomic E-state index is -0.569. The highest BCUT2D eigenvalue weighted by Gasteiger charge is 2.48. The van der Waals surface area contributed by atoms with Crippen molar-refractivity contribution in [2.24, 2.45) is 0 Å². The van der Waals surface area contributed by atoms with Crippen molar-refractivity contribution in [2.45, 2.75) is 44.2 Å². The van der Waals surface area contributed by atoms with Crippen molar-refractivity contribution >= 4 is 5.69 Å². The van der Waals surface area contributed by atoms with Gasteiger partial charge in [0.1, 0.15) is 11.4 Å². The third-order valence-corrected chi connectivity index (χ3v) is 4.58. The van der Waals surface area contributed by atoms with Crippen LogP contribution in [0.1, 0.15) is 31.2 Å². The summed E-state index contributed by atoms with van der Waals surface area (Å²) >= 11 is 0. The third kappa shape index (κ3) is 2.27. The van der Waals surface area contributed by atoms with Crippen molar-refractivity contribution in [3.63, 3.8) is 0 Å². The molecule has 2 unspecified atom stereocenters. The highest BCUT2D eigenvalue weighted by Crippen LogP contribution is 2.37. The average molecular weight is 273 g/mol. The maximum absolute atomic E-state index is 13.5. The van der Waals surface area contributed by atoms with Crippen molar-refractivity contribution in [1.82, 2.24) is 4.90 Å². The van der Waals surface area contributed by atoms with Gasteiger partial charge in [-0.1, -0.05) is 6.42 Å². The van der Waals surface area contributed by atoms with Gasteiger partial charge in [0, 0.05) is 18.3 Å². The maximum Gasteiger partial charge on any atom is 0.142 e. The Kier molecular flexibility index (Phi) is 3.39. The van der Waals surface area contributed by atoms with Crippen LogP contribution in [0.3, 0.4) is 0 Å². The van der Waals surface area contributed by atoms with Crippen molar-refractivity contribution < 1.29 is 4.39 Å². The molecule has 2 aliphatic heterocycles. The number of aryl methyl sites for hydroxylation is 1. The molecule has 2 heterocycles. The lowest BCUT2D eigenvalue weighted by Crippen LogP contribution is -2.51. The van der Waals surface area contributed by atoms with Crippen LogP contribution in [-0.2, 0) is 0 Å². The lowest BCUT2D eigenvalue weighted by atomic mass is 9.86. The Hall–Kier alpha value is -1.60. The monoisotopic (exact) mass is 273 g/mol. The van der Waals surface area contributed by atoms with Crippen LogP contribution in [0.5, 0.6) is 0 Å². The standard InChI is InChI=1S/C16H20FN3/c1-12-8-13(17)10-14(9-12)19-16(11-18)5-7-20-6-3-2-4-15(16)20/h8-10,15,19H,2-7H2,1H3. The number of nitriles is 1. The molecule has 2 atom stereocenters. The second kappa shape index (κ2) is 5.06. The molecule has 1 aromatic rings. The summed E-state index contributed by atoms with van der Waals surface area (Å²) in [5.74, 6) is -0.251. The molecule has 3 rings (SSSR count). The van der Waals surface area contributed by atoms with Gasteiger partial charge in [0.05, 0.1) is 6.07 Å². The van der Waals surface area contributed by atoms with E-state index in [4.69, 9.17) is 0 Å². The van der Waals surface area contributed by atoms with Crippen LogP contribution < -0.4 is 5.32 Å². The predicted molar refractivity (Wildman–Crippen MR) is 76.9 cm³/mol. The molecule has 3 nitrogen and oxygen atoms in total. The summed E-state index contributed by atoms with van der Waals surface area (Å²) in [6.07, 6.45) is 4.25. The second-order valence-corrected chi connectivity index (χ2v) is 6.02. The van der Waals surface area contributed by atoms with Crippen LogP contribution in [-0.4, -0.2) is 29.6 Å². The highest BCUT2D eigenvalue weighted by atomic mass is 19.1. The number of benzene rings is 1.